The Balaban J connectivity index is 2.27. The molecule has 2 aromatic carbocycles. The molecule has 126 valence electrons. The lowest BCUT2D eigenvalue weighted by Crippen LogP contribution is -2.20. The van der Waals surface area contributed by atoms with Gasteiger partial charge in [0.15, 0.2) is 18.1 Å². The van der Waals surface area contributed by atoms with Gasteiger partial charge in [0.1, 0.15) is 0 Å². The highest BCUT2D eigenvalue weighted by atomic mass is 127. The lowest BCUT2D eigenvalue weighted by molar-refractivity contribution is -0.119. The molecule has 0 aliphatic rings. The van der Waals surface area contributed by atoms with Crippen LogP contribution in [0.4, 0.5) is 5.69 Å². The number of nitrogens with two attached hydrogens (primary N) is 1. The molecule has 0 bridgehead atoms. The maximum absolute atomic E-state index is 12.4. The van der Waals surface area contributed by atoms with Crippen molar-refractivity contribution in [2.75, 3.05) is 19.0 Å². The lowest BCUT2D eigenvalue weighted by atomic mass is 10.1. The van der Waals surface area contributed by atoms with E-state index in [1.165, 1.54) is 19.2 Å². The number of hydrogen-bond acceptors (Lipinski definition) is 4. The average Bonchev–Trinajstić information content (AvgIpc) is 2.54. The molecule has 0 spiro atoms. The Morgan fingerprint density at radius 1 is 1.29 bits per heavy atom. The Kier molecular flexibility index (Phi) is 6.27. The Morgan fingerprint density at radius 2 is 2.00 bits per heavy atom. The first-order chi connectivity index (χ1) is 11.4. The quantitative estimate of drug-likeness (QED) is 0.648. The summed E-state index contributed by atoms with van der Waals surface area (Å²) < 4.78 is 11.3. The number of methoxy groups -OCH3 is 1. The van der Waals surface area contributed by atoms with Crippen LogP contribution in [0, 0.1) is 3.57 Å². The summed E-state index contributed by atoms with van der Waals surface area (Å²) in [5.41, 5.74) is 6.03. The van der Waals surface area contributed by atoms with E-state index in [4.69, 9.17) is 26.8 Å². The molecule has 3 N–H and O–H groups in total. The minimum atomic E-state index is -0.645. The topological polar surface area (TPSA) is 90.7 Å². The molecule has 0 saturated carbocycles. The summed E-state index contributed by atoms with van der Waals surface area (Å²) >= 11 is 8.26. The molecular formula is C16H14ClIN2O4. The normalized spacial score (nSPS) is 10.1. The summed E-state index contributed by atoms with van der Waals surface area (Å²) in [4.78, 5) is 23.3. The van der Waals surface area contributed by atoms with Crippen LogP contribution in [0.5, 0.6) is 11.5 Å². The van der Waals surface area contributed by atoms with E-state index < -0.39 is 5.91 Å². The van der Waals surface area contributed by atoms with Gasteiger partial charge in [0.25, 0.3) is 11.8 Å². The second-order valence-corrected chi connectivity index (χ2v) is 6.25. The molecule has 0 aromatic heterocycles. The first-order valence-corrected chi connectivity index (χ1v) is 8.22. The van der Waals surface area contributed by atoms with Gasteiger partial charge in [-0.3, -0.25) is 9.59 Å². The number of hydrogen-bond donors (Lipinski definition) is 2. The zero-order valence-electron chi connectivity index (χ0n) is 12.6. The third-order valence-electron chi connectivity index (χ3n) is 2.97. The van der Waals surface area contributed by atoms with Gasteiger partial charge in [-0.1, -0.05) is 23.7 Å². The monoisotopic (exact) mass is 460 g/mol. The van der Waals surface area contributed by atoms with E-state index in [0.29, 0.717) is 11.3 Å². The highest BCUT2D eigenvalue weighted by Gasteiger charge is 2.17. The van der Waals surface area contributed by atoms with Crippen LogP contribution in [0.3, 0.4) is 0 Å². The second kappa shape index (κ2) is 8.20. The van der Waals surface area contributed by atoms with E-state index in [1.54, 1.807) is 6.07 Å². The SMILES string of the molecule is COc1cc(C(=O)Nc2ccccc2I)cc(Cl)c1OCC(N)=O. The van der Waals surface area contributed by atoms with Crippen molar-refractivity contribution in [3.8, 4) is 11.5 Å². The van der Waals surface area contributed by atoms with E-state index in [2.05, 4.69) is 27.9 Å². The number of ether oxygens (including phenoxy) is 2. The average molecular weight is 461 g/mol. The van der Waals surface area contributed by atoms with Crippen molar-refractivity contribution >= 4 is 51.7 Å². The van der Waals surface area contributed by atoms with Crippen LogP contribution in [-0.4, -0.2) is 25.5 Å². The third-order valence-corrected chi connectivity index (χ3v) is 4.19. The maximum atomic E-state index is 12.4. The van der Waals surface area contributed by atoms with Gasteiger partial charge in [-0.25, -0.2) is 0 Å². The minimum Gasteiger partial charge on any atom is -0.493 e. The zero-order chi connectivity index (χ0) is 17.7. The largest absolute Gasteiger partial charge is 0.493 e. The number of carbonyl (C=O) groups excluding carboxylic acids is 2. The summed E-state index contributed by atoms with van der Waals surface area (Å²) in [7, 11) is 1.41. The fourth-order valence-corrected chi connectivity index (χ4v) is 2.68. The molecule has 0 aliphatic carbocycles. The van der Waals surface area contributed by atoms with E-state index in [-0.39, 0.29) is 29.0 Å². The number of benzene rings is 2. The number of para-hydroxylation sites is 1. The molecule has 8 heteroatoms. The van der Waals surface area contributed by atoms with Gasteiger partial charge >= 0.3 is 0 Å². The Morgan fingerprint density at radius 3 is 2.62 bits per heavy atom. The number of nitrogens with one attached hydrogen (secondary N) is 1. The first-order valence-electron chi connectivity index (χ1n) is 6.77. The minimum absolute atomic E-state index is 0.142. The van der Waals surface area contributed by atoms with E-state index in [9.17, 15) is 9.59 Å². The maximum Gasteiger partial charge on any atom is 0.255 e. The summed E-state index contributed by atoms with van der Waals surface area (Å²) in [6.07, 6.45) is 0. The lowest BCUT2D eigenvalue weighted by Gasteiger charge is -2.13. The van der Waals surface area contributed by atoms with Crippen LogP contribution in [0.2, 0.25) is 5.02 Å². The van der Waals surface area contributed by atoms with Gasteiger partial charge in [-0.2, -0.15) is 0 Å². The summed E-state index contributed by atoms with van der Waals surface area (Å²) in [6, 6.07) is 10.3. The van der Waals surface area contributed by atoms with Crippen molar-refractivity contribution in [2.45, 2.75) is 0 Å². The fraction of sp³-hybridized carbons (Fsp3) is 0.125. The number of halogens is 2. The number of primary amides is 1. The van der Waals surface area contributed by atoms with E-state index in [0.717, 1.165) is 3.57 Å². The Labute approximate surface area is 157 Å². The van der Waals surface area contributed by atoms with Crippen molar-refractivity contribution < 1.29 is 19.1 Å². The van der Waals surface area contributed by atoms with E-state index in [1.807, 2.05) is 18.2 Å². The van der Waals surface area contributed by atoms with Crippen molar-refractivity contribution in [3.05, 3.63) is 50.6 Å². The van der Waals surface area contributed by atoms with Crippen LogP contribution in [0.25, 0.3) is 0 Å². The van der Waals surface area contributed by atoms with Crippen molar-refractivity contribution in [1.29, 1.82) is 0 Å². The molecular weight excluding hydrogens is 447 g/mol. The molecule has 2 aromatic rings. The van der Waals surface area contributed by atoms with Crippen LogP contribution in [-0.2, 0) is 4.79 Å². The molecule has 2 rings (SSSR count). The summed E-state index contributed by atoms with van der Waals surface area (Å²) in [5.74, 6) is -0.602. The van der Waals surface area contributed by atoms with Crippen molar-refractivity contribution in [1.82, 2.24) is 0 Å². The molecule has 0 atom stereocenters. The highest BCUT2D eigenvalue weighted by molar-refractivity contribution is 14.1. The zero-order valence-corrected chi connectivity index (χ0v) is 15.6. The van der Waals surface area contributed by atoms with Crippen LogP contribution in [0.15, 0.2) is 36.4 Å². The first kappa shape index (κ1) is 18.3. The molecule has 0 radical (unpaired) electrons. The molecule has 0 aliphatic heterocycles. The fourth-order valence-electron chi connectivity index (χ4n) is 1.89. The van der Waals surface area contributed by atoms with Crippen molar-refractivity contribution in [2.24, 2.45) is 5.73 Å². The van der Waals surface area contributed by atoms with Crippen LogP contribution in [0.1, 0.15) is 10.4 Å². The van der Waals surface area contributed by atoms with Crippen LogP contribution >= 0.6 is 34.2 Å². The molecule has 24 heavy (non-hydrogen) atoms. The number of rotatable bonds is 6. The van der Waals surface area contributed by atoms with E-state index >= 15 is 0 Å². The van der Waals surface area contributed by atoms with Gasteiger partial charge < -0.3 is 20.5 Å². The number of carbonyl (C=O) groups is 2. The molecule has 0 saturated heterocycles. The molecule has 0 unspecified atom stereocenters. The second-order valence-electron chi connectivity index (χ2n) is 4.68. The highest BCUT2D eigenvalue weighted by Crippen LogP contribution is 2.36. The number of amides is 2. The molecule has 2 amide bonds. The predicted molar refractivity (Wildman–Crippen MR) is 99.8 cm³/mol. The molecule has 6 nitrogen and oxygen atoms in total. The van der Waals surface area contributed by atoms with Crippen molar-refractivity contribution in [3.63, 3.8) is 0 Å². The Hall–Kier alpha value is -2.00. The van der Waals surface area contributed by atoms with Gasteiger partial charge in [-0.05, 0) is 46.9 Å². The predicted octanol–water partition coefficient (Wildman–Crippen LogP) is 3.07. The standard InChI is InChI=1S/C16H14ClIN2O4/c1-23-13-7-9(6-10(17)15(13)24-8-14(19)21)16(22)20-12-5-3-2-4-11(12)18/h2-7H,8H2,1H3,(H2,19,21)(H,20,22). The summed E-state index contributed by atoms with van der Waals surface area (Å²) in [5, 5.41) is 2.94. The number of anilines is 1. The van der Waals surface area contributed by atoms with Crippen LogP contribution < -0.4 is 20.5 Å². The van der Waals surface area contributed by atoms with Gasteiger partial charge in [0.2, 0.25) is 0 Å². The van der Waals surface area contributed by atoms with Gasteiger partial charge in [0, 0.05) is 9.13 Å². The third kappa shape index (κ3) is 4.51. The molecule has 0 heterocycles. The smallest absolute Gasteiger partial charge is 0.255 e. The molecule has 0 fully saturated rings. The van der Waals surface area contributed by atoms with Gasteiger partial charge in [0.05, 0.1) is 17.8 Å². The Bertz CT molecular complexity index is 783. The summed E-state index contributed by atoms with van der Waals surface area (Å²) in [6.45, 7) is -0.343. The van der Waals surface area contributed by atoms with Gasteiger partial charge in [-0.15, -0.1) is 0 Å².